The molecule has 0 saturated heterocycles. The number of fused-ring (bicyclic) bond motifs is 1. The van der Waals surface area contributed by atoms with Gasteiger partial charge in [-0.3, -0.25) is 9.69 Å². The Bertz CT molecular complexity index is 854. The predicted octanol–water partition coefficient (Wildman–Crippen LogP) is 3.97. The minimum atomic E-state index is -0.0895. The van der Waals surface area contributed by atoms with Crippen LogP contribution in [0.2, 0.25) is 0 Å². The van der Waals surface area contributed by atoms with Crippen molar-refractivity contribution in [1.29, 1.82) is 5.26 Å². The monoisotopic (exact) mass is 383 g/mol. The summed E-state index contributed by atoms with van der Waals surface area (Å²) in [4.78, 5) is 15.7. The molecule has 2 aromatic rings. The lowest BCUT2D eigenvalue weighted by atomic mass is 10.1. The van der Waals surface area contributed by atoms with Gasteiger partial charge in [0.05, 0.1) is 19.2 Å². The highest BCUT2D eigenvalue weighted by atomic mass is 32.1. The van der Waals surface area contributed by atoms with E-state index in [4.69, 9.17) is 4.74 Å². The number of amides is 1. The highest BCUT2D eigenvalue weighted by Gasteiger charge is 2.21. The van der Waals surface area contributed by atoms with Crippen molar-refractivity contribution in [3.05, 3.63) is 45.8 Å². The average molecular weight is 384 g/mol. The van der Waals surface area contributed by atoms with Gasteiger partial charge in [-0.1, -0.05) is 18.6 Å². The number of rotatable bonds is 6. The first-order valence-corrected chi connectivity index (χ1v) is 10.1. The zero-order chi connectivity index (χ0) is 19.2. The standard InChI is InChI=1S/C21H25N3O2S/c1-24(13-15-7-6-8-16(11-15)26-2)14-20(25)23-21-18(12-22)17-9-4-3-5-10-19(17)27-21/h6-8,11H,3-5,9-10,13-14H2,1-2H3,(H,23,25). The van der Waals surface area contributed by atoms with Crippen LogP contribution in [0.1, 0.15) is 40.8 Å². The number of likely N-dealkylation sites (N-methyl/N-ethyl adjacent to an activating group) is 1. The van der Waals surface area contributed by atoms with E-state index in [0.29, 0.717) is 17.1 Å². The van der Waals surface area contributed by atoms with Gasteiger partial charge in [-0.05, 0) is 56.0 Å². The van der Waals surface area contributed by atoms with Crippen molar-refractivity contribution in [2.45, 2.75) is 38.6 Å². The Morgan fingerprint density at radius 1 is 1.33 bits per heavy atom. The smallest absolute Gasteiger partial charge is 0.239 e. The third-order valence-electron chi connectivity index (χ3n) is 4.79. The van der Waals surface area contributed by atoms with Crippen LogP contribution in [0.25, 0.3) is 0 Å². The zero-order valence-electron chi connectivity index (χ0n) is 15.9. The fourth-order valence-electron chi connectivity index (χ4n) is 3.50. The normalized spacial score (nSPS) is 13.6. The van der Waals surface area contributed by atoms with E-state index in [0.717, 1.165) is 42.6 Å². The molecule has 1 aliphatic carbocycles. The van der Waals surface area contributed by atoms with Crippen molar-refractivity contribution < 1.29 is 9.53 Å². The van der Waals surface area contributed by atoms with Crippen LogP contribution in [0.15, 0.2) is 24.3 Å². The number of nitrogens with one attached hydrogen (secondary N) is 1. The Hall–Kier alpha value is -2.36. The SMILES string of the molecule is COc1cccc(CN(C)CC(=O)Nc2sc3c(c2C#N)CCCCC3)c1. The number of benzene rings is 1. The van der Waals surface area contributed by atoms with Crippen molar-refractivity contribution in [1.82, 2.24) is 4.90 Å². The van der Waals surface area contributed by atoms with Crippen LogP contribution in [-0.4, -0.2) is 31.5 Å². The molecule has 1 aromatic carbocycles. The number of carbonyl (C=O) groups excluding carboxylic acids is 1. The third kappa shape index (κ3) is 4.88. The molecule has 0 fully saturated rings. The van der Waals surface area contributed by atoms with Crippen molar-refractivity contribution >= 4 is 22.2 Å². The zero-order valence-corrected chi connectivity index (χ0v) is 16.7. The Kier molecular flexibility index (Phi) is 6.49. The van der Waals surface area contributed by atoms with Gasteiger partial charge in [0.1, 0.15) is 16.8 Å². The van der Waals surface area contributed by atoms with Crippen molar-refractivity contribution in [2.24, 2.45) is 0 Å². The molecule has 1 aliphatic rings. The number of nitrogens with zero attached hydrogens (tertiary/aromatic N) is 2. The van der Waals surface area contributed by atoms with E-state index in [1.165, 1.54) is 11.3 Å². The van der Waals surface area contributed by atoms with Crippen LogP contribution in [0.3, 0.4) is 0 Å². The van der Waals surface area contributed by atoms with Gasteiger partial charge < -0.3 is 10.1 Å². The number of methoxy groups -OCH3 is 1. The Morgan fingerprint density at radius 3 is 2.93 bits per heavy atom. The lowest BCUT2D eigenvalue weighted by Crippen LogP contribution is -2.29. The molecule has 0 aliphatic heterocycles. The van der Waals surface area contributed by atoms with Gasteiger partial charge in [0.15, 0.2) is 0 Å². The van der Waals surface area contributed by atoms with Crippen molar-refractivity contribution in [2.75, 3.05) is 26.0 Å². The first-order valence-electron chi connectivity index (χ1n) is 9.26. The van der Waals surface area contributed by atoms with Crippen LogP contribution in [-0.2, 0) is 24.2 Å². The van der Waals surface area contributed by atoms with Gasteiger partial charge in [-0.25, -0.2) is 0 Å². The largest absolute Gasteiger partial charge is 0.497 e. The average Bonchev–Trinajstić information content (AvgIpc) is 2.81. The van der Waals surface area contributed by atoms with Gasteiger partial charge >= 0.3 is 0 Å². The first-order chi connectivity index (χ1) is 13.1. The summed E-state index contributed by atoms with van der Waals surface area (Å²) in [5.41, 5.74) is 2.91. The molecule has 27 heavy (non-hydrogen) atoms. The molecular weight excluding hydrogens is 358 g/mol. The molecule has 5 nitrogen and oxygen atoms in total. The maximum Gasteiger partial charge on any atom is 0.239 e. The summed E-state index contributed by atoms with van der Waals surface area (Å²) in [6, 6.07) is 10.1. The Labute approximate surface area is 164 Å². The van der Waals surface area contributed by atoms with Gasteiger partial charge in [-0.15, -0.1) is 11.3 Å². The molecule has 0 bridgehead atoms. The number of ether oxygens (including phenoxy) is 1. The summed E-state index contributed by atoms with van der Waals surface area (Å²) < 4.78 is 5.24. The Balaban J connectivity index is 1.63. The molecule has 0 saturated carbocycles. The molecule has 3 rings (SSSR count). The molecule has 142 valence electrons. The second kappa shape index (κ2) is 9.03. The number of hydrogen-bond acceptors (Lipinski definition) is 5. The van der Waals surface area contributed by atoms with E-state index >= 15 is 0 Å². The molecule has 1 aromatic heterocycles. The second-order valence-electron chi connectivity index (χ2n) is 6.95. The van der Waals surface area contributed by atoms with E-state index < -0.39 is 0 Å². The summed E-state index contributed by atoms with van der Waals surface area (Å²) in [7, 11) is 3.56. The predicted molar refractivity (Wildman–Crippen MR) is 108 cm³/mol. The van der Waals surface area contributed by atoms with E-state index in [9.17, 15) is 10.1 Å². The van der Waals surface area contributed by atoms with Gasteiger partial charge in [-0.2, -0.15) is 5.26 Å². The van der Waals surface area contributed by atoms with Crippen molar-refractivity contribution in [3.8, 4) is 11.8 Å². The topological polar surface area (TPSA) is 65.4 Å². The summed E-state index contributed by atoms with van der Waals surface area (Å²) in [5.74, 6) is 0.720. The minimum Gasteiger partial charge on any atom is -0.497 e. The molecular formula is C21H25N3O2S. The summed E-state index contributed by atoms with van der Waals surface area (Å²) in [5, 5.41) is 13.3. The van der Waals surface area contributed by atoms with Crippen LogP contribution < -0.4 is 10.1 Å². The maximum atomic E-state index is 12.5. The van der Waals surface area contributed by atoms with E-state index in [1.54, 1.807) is 18.4 Å². The van der Waals surface area contributed by atoms with Crippen LogP contribution in [0.4, 0.5) is 5.00 Å². The van der Waals surface area contributed by atoms with E-state index in [2.05, 4.69) is 11.4 Å². The molecule has 0 spiro atoms. The van der Waals surface area contributed by atoms with Crippen molar-refractivity contribution in [3.63, 3.8) is 0 Å². The van der Waals surface area contributed by atoms with E-state index in [1.807, 2.05) is 36.2 Å². The van der Waals surface area contributed by atoms with Gasteiger partial charge in [0.2, 0.25) is 5.91 Å². The van der Waals surface area contributed by atoms with Crippen LogP contribution in [0, 0.1) is 11.3 Å². The molecule has 0 radical (unpaired) electrons. The number of thiophene rings is 1. The molecule has 1 N–H and O–H groups in total. The fourth-order valence-corrected chi connectivity index (χ4v) is 4.75. The second-order valence-corrected chi connectivity index (χ2v) is 8.06. The molecule has 0 atom stereocenters. The quantitative estimate of drug-likeness (QED) is 0.767. The fraction of sp³-hybridized carbons (Fsp3) is 0.429. The molecule has 1 heterocycles. The molecule has 6 heteroatoms. The van der Waals surface area contributed by atoms with Crippen LogP contribution in [0.5, 0.6) is 5.75 Å². The number of carbonyl (C=O) groups is 1. The summed E-state index contributed by atoms with van der Waals surface area (Å²) >= 11 is 1.57. The number of aryl methyl sites for hydroxylation is 1. The van der Waals surface area contributed by atoms with E-state index in [-0.39, 0.29) is 12.5 Å². The van der Waals surface area contributed by atoms with Gasteiger partial charge in [0, 0.05) is 11.4 Å². The highest BCUT2D eigenvalue weighted by Crippen LogP contribution is 2.36. The lowest BCUT2D eigenvalue weighted by Gasteiger charge is -2.16. The Morgan fingerprint density at radius 2 is 2.15 bits per heavy atom. The third-order valence-corrected chi connectivity index (χ3v) is 5.99. The lowest BCUT2D eigenvalue weighted by molar-refractivity contribution is -0.117. The maximum absolute atomic E-state index is 12.5. The first kappa shape index (κ1) is 19.4. The molecule has 0 unspecified atom stereocenters. The number of anilines is 1. The number of nitriles is 1. The minimum absolute atomic E-state index is 0.0895. The summed E-state index contributed by atoms with van der Waals surface area (Å²) in [6.07, 6.45) is 5.45. The van der Waals surface area contributed by atoms with Crippen LogP contribution >= 0.6 is 11.3 Å². The highest BCUT2D eigenvalue weighted by molar-refractivity contribution is 7.16. The summed E-state index contributed by atoms with van der Waals surface area (Å²) in [6.45, 7) is 0.918. The van der Waals surface area contributed by atoms with Gasteiger partial charge in [0.25, 0.3) is 0 Å². The number of hydrogen-bond donors (Lipinski definition) is 1. The molecule has 1 amide bonds.